The zero-order valence-corrected chi connectivity index (χ0v) is 22.1. The molecule has 0 saturated carbocycles. The number of halogens is 2. The Labute approximate surface area is 222 Å². The van der Waals surface area contributed by atoms with Gasteiger partial charge in [-0.2, -0.15) is 0 Å². The van der Waals surface area contributed by atoms with Crippen LogP contribution in [0.2, 0.25) is 10.0 Å². The van der Waals surface area contributed by atoms with Crippen LogP contribution in [-0.2, 0) is 22.6 Å². The smallest absolute Gasteiger partial charge is 0.243 e. The number of amides is 2. The zero-order valence-electron chi connectivity index (χ0n) is 19.8. The summed E-state index contributed by atoms with van der Waals surface area (Å²) in [4.78, 5) is 29.6. The summed E-state index contributed by atoms with van der Waals surface area (Å²) in [6.45, 7) is 2.90. The van der Waals surface area contributed by atoms with Crippen LogP contribution in [0.5, 0.6) is 0 Å². The predicted octanol–water partition coefficient (Wildman–Crippen LogP) is 6.64. The highest BCUT2D eigenvalue weighted by atomic mass is 35.5. The Morgan fingerprint density at radius 1 is 0.943 bits per heavy atom. The van der Waals surface area contributed by atoms with E-state index < -0.39 is 6.04 Å². The summed E-state index contributed by atoms with van der Waals surface area (Å²) in [5, 5.41) is 4.25. The summed E-state index contributed by atoms with van der Waals surface area (Å²) in [5.74, 6) is -0.0878. The fourth-order valence-corrected chi connectivity index (χ4v) is 4.74. The van der Waals surface area contributed by atoms with Crippen molar-refractivity contribution >= 4 is 46.8 Å². The first-order chi connectivity index (χ1) is 17.0. The van der Waals surface area contributed by atoms with Gasteiger partial charge in [-0.25, -0.2) is 0 Å². The van der Waals surface area contributed by atoms with E-state index in [1.54, 1.807) is 23.1 Å². The van der Waals surface area contributed by atoms with Crippen LogP contribution in [0.25, 0.3) is 0 Å². The molecule has 0 radical (unpaired) electrons. The number of rotatable bonds is 12. The number of nitrogens with zero attached hydrogens (tertiary/aromatic N) is 1. The third kappa shape index (κ3) is 8.60. The van der Waals surface area contributed by atoms with Gasteiger partial charge in [-0.3, -0.25) is 9.59 Å². The quantitative estimate of drug-likeness (QED) is 0.211. The predicted molar refractivity (Wildman–Crippen MR) is 146 cm³/mol. The molecule has 0 aromatic heterocycles. The van der Waals surface area contributed by atoms with Gasteiger partial charge in [0, 0.05) is 34.5 Å². The first-order valence-corrected chi connectivity index (χ1v) is 13.4. The Bertz CT molecular complexity index is 1090. The standard InChI is InChI=1S/C28H30Cl2N2O2S/c1-2-3-17-31-28(34)26(18-21-9-5-4-6-10-21)32(19-22-11-7-8-12-25(22)30)27(33)20-35-24-15-13-23(29)14-16-24/h4-16,26H,2-3,17-20H2,1H3,(H,31,34)/t26-/m0/s1. The molecule has 4 nitrogen and oxygen atoms in total. The van der Waals surface area contributed by atoms with E-state index in [9.17, 15) is 9.59 Å². The molecule has 0 aliphatic rings. The maximum absolute atomic E-state index is 13.6. The lowest BCUT2D eigenvalue weighted by Crippen LogP contribution is -2.51. The number of nitrogens with one attached hydrogen (secondary N) is 1. The molecule has 0 fully saturated rings. The molecule has 7 heteroatoms. The minimum Gasteiger partial charge on any atom is -0.354 e. The number of unbranched alkanes of at least 4 members (excludes halogenated alkanes) is 1. The molecule has 0 heterocycles. The second kappa shape index (κ2) is 14.2. The normalized spacial score (nSPS) is 11.6. The molecule has 0 bridgehead atoms. The van der Waals surface area contributed by atoms with Gasteiger partial charge in [0.2, 0.25) is 11.8 Å². The molecule has 0 spiro atoms. The lowest BCUT2D eigenvalue weighted by molar-refractivity contribution is -0.139. The van der Waals surface area contributed by atoms with Gasteiger partial charge in [0.25, 0.3) is 0 Å². The molecule has 35 heavy (non-hydrogen) atoms. The fourth-order valence-electron chi connectivity index (χ4n) is 3.63. The third-order valence-corrected chi connectivity index (χ3v) is 7.19. The molecule has 0 aliphatic heterocycles. The minimum atomic E-state index is -0.663. The molecule has 1 atom stereocenters. The van der Waals surface area contributed by atoms with Crippen molar-refractivity contribution in [2.75, 3.05) is 12.3 Å². The summed E-state index contributed by atoms with van der Waals surface area (Å²) in [6, 6.07) is 23.9. The average Bonchev–Trinajstić information content (AvgIpc) is 2.87. The summed E-state index contributed by atoms with van der Waals surface area (Å²) in [5.41, 5.74) is 1.80. The molecule has 0 saturated heterocycles. The highest BCUT2D eigenvalue weighted by Crippen LogP contribution is 2.24. The van der Waals surface area contributed by atoms with E-state index in [1.807, 2.05) is 60.7 Å². The van der Waals surface area contributed by atoms with Crippen molar-refractivity contribution in [3.8, 4) is 0 Å². The lowest BCUT2D eigenvalue weighted by Gasteiger charge is -2.32. The van der Waals surface area contributed by atoms with Crippen LogP contribution in [0.1, 0.15) is 30.9 Å². The zero-order chi connectivity index (χ0) is 25.0. The van der Waals surface area contributed by atoms with Crippen LogP contribution in [-0.4, -0.2) is 35.1 Å². The Kier molecular flexibility index (Phi) is 11.0. The van der Waals surface area contributed by atoms with Crippen molar-refractivity contribution in [2.24, 2.45) is 0 Å². The Balaban J connectivity index is 1.88. The van der Waals surface area contributed by atoms with Gasteiger partial charge in [0.05, 0.1) is 5.75 Å². The highest BCUT2D eigenvalue weighted by Gasteiger charge is 2.30. The van der Waals surface area contributed by atoms with Gasteiger partial charge in [-0.15, -0.1) is 11.8 Å². The second-order valence-corrected chi connectivity index (χ2v) is 10.1. The van der Waals surface area contributed by atoms with Gasteiger partial charge in [-0.1, -0.05) is 85.1 Å². The lowest BCUT2D eigenvalue weighted by atomic mass is 10.0. The van der Waals surface area contributed by atoms with Crippen LogP contribution in [0.4, 0.5) is 0 Å². The molecule has 0 unspecified atom stereocenters. The van der Waals surface area contributed by atoms with E-state index in [4.69, 9.17) is 23.2 Å². The summed E-state index contributed by atoms with van der Waals surface area (Å²) in [6.07, 6.45) is 2.28. The van der Waals surface area contributed by atoms with Crippen molar-refractivity contribution in [1.29, 1.82) is 0 Å². The summed E-state index contributed by atoms with van der Waals surface area (Å²) < 4.78 is 0. The average molecular weight is 530 g/mol. The minimum absolute atomic E-state index is 0.128. The number of thioether (sulfide) groups is 1. The van der Waals surface area contributed by atoms with Crippen molar-refractivity contribution in [2.45, 2.75) is 43.7 Å². The second-order valence-electron chi connectivity index (χ2n) is 8.21. The molecule has 1 N–H and O–H groups in total. The van der Waals surface area contributed by atoms with Gasteiger partial charge in [0.15, 0.2) is 0 Å². The molecule has 0 aliphatic carbocycles. The van der Waals surface area contributed by atoms with Crippen molar-refractivity contribution in [1.82, 2.24) is 10.2 Å². The van der Waals surface area contributed by atoms with E-state index in [-0.39, 0.29) is 24.1 Å². The monoisotopic (exact) mass is 528 g/mol. The Morgan fingerprint density at radius 2 is 1.63 bits per heavy atom. The van der Waals surface area contributed by atoms with Crippen molar-refractivity contribution in [3.63, 3.8) is 0 Å². The van der Waals surface area contributed by atoms with Crippen molar-refractivity contribution in [3.05, 3.63) is 100 Å². The first-order valence-electron chi connectivity index (χ1n) is 11.7. The molecule has 184 valence electrons. The van der Waals surface area contributed by atoms with Gasteiger partial charge >= 0.3 is 0 Å². The Hall–Kier alpha value is -2.47. The number of hydrogen-bond acceptors (Lipinski definition) is 3. The molecular formula is C28H30Cl2N2O2S. The number of hydrogen-bond donors (Lipinski definition) is 1. The van der Waals surface area contributed by atoms with E-state index in [0.29, 0.717) is 23.0 Å². The van der Waals surface area contributed by atoms with Crippen LogP contribution >= 0.6 is 35.0 Å². The molecule has 3 rings (SSSR count). The maximum Gasteiger partial charge on any atom is 0.243 e. The van der Waals surface area contributed by atoms with E-state index in [1.165, 1.54) is 11.8 Å². The summed E-state index contributed by atoms with van der Waals surface area (Å²) >= 11 is 13.9. The maximum atomic E-state index is 13.6. The highest BCUT2D eigenvalue weighted by molar-refractivity contribution is 8.00. The van der Waals surface area contributed by atoms with Crippen LogP contribution in [0, 0.1) is 0 Å². The van der Waals surface area contributed by atoms with E-state index in [2.05, 4.69) is 12.2 Å². The number of carbonyl (C=O) groups excluding carboxylic acids is 2. The Morgan fingerprint density at radius 3 is 2.31 bits per heavy atom. The third-order valence-electron chi connectivity index (χ3n) is 5.58. The van der Waals surface area contributed by atoms with Crippen LogP contribution in [0.3, 0.4) is 0 Å². The molecule has 2 amide bonds. The van der Waals surface area contributed by atoms with Crippen LogP contribution in [0.15, 0.2) is 83.8 Å². The molecule has 3 aromatic rings. The van der Waals surface area contributed by atoms with Gasteiger partial charge < -0.3 is 10.2 Å². The first kappa shape index (κ1) is 27.1. The number of benzene rings is 3. The van der Waals surface area contributed by atoms with Gasteiger partial charge in [0.1, 0.15) is 6.04 Å². The van der Waals surface area contributed by atoms with Crippen molar-refractivity contribution < 1.29 is 9.59 Å². The fraction of sp³-hybridized carbons (Fsp3) is 0.286. The SMILES string of the molecule is CCCCNC(=O)[C@H](Cc1ccccc1)N(Cc1ccccc1Cl)C(=O)CSc1ccc(Cl)cc1. The largest absolute Gasteiger partial charge is 0.354 e. The number of carbonyl (C=O) groups is 2. The van der Waals surface area contributed by atoms with Crippen LogP contribution < -0.4 is 5.32 Å². The molecule has 3 aromatic carbocycles. The van der Waals surface area contributed by atoms with Gasteiger partial charge in [-0.05, 0) is 47.9 Å². The van der Waals surface area contributed by atoms with E-state index in [0.717, 1.165) is 28.9 Å². The molecular weight excluding hydrogens is 499 g/mol. The van der Waals surface area contributed by atoms with E-state index >= 15 is 0 Å². The summed E-state index contributed by atoms with van der Waals surface area (Å²) in [7, 11) is 0. The topological polar surface area (TPSA) is 49.4 Å².